The van der Waals surface area contributed by atoms with Crippen molar-refractivity contribution in [3.63, 3.8) is 0 Å². The first kappa shape index (κ1) is 13.0. The number of hydrogen-bond donors (Lipinski definition) is 2. The molecule has 0 aliphatic heterocycles. The molecule has 1 aliphatic carbocycles. The molecular weight excluding hydrogens is 186 g/mol. The molecule has 0 aromatic rings. The molecule has 1 rings (SSSR count). The molecule has 0 aromatic heterocycles. The molecule has 1 fully saturated rings. The highest BCUT2D eigenvalue weighted by atomic mass is 16.3. The van der Waals surface area contributed by atoms with Crippen molar-refractivity contribution in [2.24, 2.45) is 23.0 Å². The Balaban J connectivity index is 2.90. The summed E-state index contributed by atoms with van der Waals surface area (Å²) in [5.74, 6) is 1.43. The summed E-state index contributed by atoms with van der Waals surface area (Å²) in [5.41, 5.74) is 6.30. The normalized spacial score (nSPS) is 38.0. The SMILES string of the molecule is CC1CCC(CCO)(C(C)(C)N)C(C)C1. The largest absolute Gasteiger partial charge is 0.396 e. The van der Waals surface area contributed by atoms with E-state index in [4.69, 9.17) is 5.73 Å². The summed E-state index contributed by atoms with van der Waals surface area (Å²) in [6.07, 6.45) is 4.52. The van der Waals surface area contributed by atoms with E-state index in [9.17, 15) is 5.11 Å². The second kappa shape index (κ2) is 4.42. The Hall–Kier alpha value is -0.0800. The number of hydrogen-bond acceptors (Lipinski definition) is 2. The third kappa shape index (κ3) is 2.36. The van der Waals surface area contributed by atoms with Crippen molar-refractivity contribution in [3.05, 3.63) is 0 Å². The van der Waals surface area contributed by atoms with Crippen molar-refractivity contribution in [2.75, 3.05) is 6.61 Å². The minimum Gasteiger partial charge on any atom is -0.396 e. The predicted octanol–water partition coefficient (Wildman–Crippen LogP) is 2.55. The molecule has 0 amide bonds. The van der Waals surface area contributed by atoms with Crippen LogP contribution in [-0.2, 0) is 0 Å². The molecule has 0 saturated heterocycles. The predicted molar refractivity (Wildman–Crippen MR) is 64.6 cm³/mol. The molecule has 0 spiro atoms. The fourth-order valence-corrected chi connectivity index (χ4v) is 3.55. The van der Waals surface area contributed by atoms with Gasteiger partial charge < -0.3 is 10.8 Å². The third-order valence-corrected chi connectivity index (χ3v) is 4.62. The second-order valence-corrected chi connectivity index (χ2v) is 6.13. The molecule has 0 bridgehead atoms. The smallest absolute Gasteiger partial charge is 0.0437 e. The Morgan fingerprint density at radius 2 is 2.00 bits per heavy atom. The van der Waals surface area contributed by atoms with Crippen LogP contribution in [0.15, 0.2) is 0 Å². The van der Waals surface area contributed by atoms with Crippen LogP contribution in [0.2, 0.25) is 0 Å². The van der Waals surface area contributed by atoms with Gasteiger partial charge in [0.1, 0.15) is 0 Å². The molecule has 2 nitrogen and oxygen atoms in total. The van der Waals surface area contributed by atoms with E-state index < -0.39 is 0 Å². The first-order chi connectivity index (χ1) is 6.83. The first-order valence-corrected chi connectivity index (χ1v) is 6.23. The molecule has 2 heteroatoms. The van der Waals surface area contributed by atoms with Crippen LogP contribution in [-0.4, -0.2) is 17.3 Å². The van der Waals surface area contributed by atoms with Gasteiger partial charge in [0.25, 0.3) is 0 Å². The molecule has 0 aromatic carbocycles. The molecule has 3 N–H and O–H groups in total. The second-order valence-electron chi connectivity index (χ2n) is 6.13. The maximum absolute atomic E-state index is 9.28. The molecule has 1 saturated carbocycles. The van der Waals surface area contributed by atoms with Crippen LogP contribution in [0.1, 0.15) is 53.4 Å². The highest BCUT2D eigenvalue weighted by molar-refractivity contribution is 5.02. The van der Waals surface area contributed by atoms with Gasteiger partial charge in [-0.05, 0) is 50.4 Å². The average Bonchev–Trinajstić information content (AvgIpc) is 2.08. The van der Waals surface area contributed by atoms with E-state index in [1.54, 1.807) is 0 Å². The summed E-state index contributed by atoms with van der Waals surface area (Å²) in [6, 6.07) is 0. The van der Waals surface area contributed by atoms with Crippen LogP contribution < -0.4 is 5.73 Å². The zero-order valence-electron chi connectivity index (χ0n) is 10.7. The van der Waals surface area contributed by atoms with Gasteiger partial charge in [-0.2, -0.15) is 0 Å². The zero-order chi connectivity index (χ0) is 11.7. The van der Waals surface area contributed by atoms with Crippen molar-refractivity contribution in [1.82, 2.24) is 0 Å². The Kier molecular flexibility index (Phi) is 3.83. The van der Waals surface area contributed by atoms with E-state index in [2.05, 4.69) is 27.7 Å². The minimum atomic E-state index is -0.185. The lowest BCUT2D eigenvalue weighted by molar-refractivity contribution is -0.0103. The monoisotopic (exact) mass is 213 g/mol. The van der Waals surface area contributed by atoms with Crippen LogP contribution in [0.25, 0.3) is 0 Å². The molecule has 0 heterocycles. The molecule has 3 atom stereocenters. The van der Waals surface area contributed by atoms with E-state index >= 15 is 0 Å². The maximum atomic E-state index is 9.28. The Bertz CT molecular complexity index is 209. The van der Waals surface area contributed by atoms with Crippen LogP contribution >= 0.6 is 0 Å². The summed E-state index contributed by atoms with van der Waals surface area (Å²) in [6.45, 7) is 9.13. The molecule has 15 heavy (non-hydrogen) atoms. The molecule has 3 unspecified atom stereocenters. The number of rotatable bonds is 3. The van der Waals surface area contributed by atoms with E-state index in [0.717, 1.165) is 12.3 Å². The van der Waals surface area contributed by atoms with E-state index in [0.29, 0.717) is 5.92 Å². The van der Waals surface area contributed by atoms with Crippen LogP contribution in [0.5, 0.6) is 0 Å². The van der Waals surface area contributed by atoms with E-state index in [1.165, 1.54) is 19.3 Å². The fourth-order valence-electron chi connectivity index (χ4n) is 3.55. The van der Waals surface area contributed by atoms with Gasteiger partial charge in [0.2, 0.25) is 0 Å². The highest BCUT2D eigenvalue weighted by Gasteiger charge is 2.48. The first-order valence-electron chi connectivity index (χ1n) is 6.23. The third-order valence-electron chi connectivity index (χ3n) is 4.62. The topological polar surface area (TPSA) is 46.2 Å². The lowest BCUT2D eigenvalue weighted by atomic mass is 9.55. The lowest BCUT2D eigenvalue weighted by Crippen LogP contribution is -2.56. The van der Waals surface area contributed by atoms with Gasteiger partial charge in [0.15, 0.2) is 0 Å². The summed E-state index contributed by atoms with van der Waals surface area (Å²) >= 11 is 0. The number of aliphatic hydroxyl groups is 1. The Morgan fingerprint density at radius 3 is 2.40 bits per heavy atom. The quantitative estimate of drug-likeness (QED) is 0.757. The fraction of sp³-hybridized carbons (Fsp3) is 1.00. The van der Waals surface area contributed by atoms with Gasteiger partial charge >= 0.3 is 0 Å². The minimum absolute atomic E-state index is 0.133. The summed E-state index contributed by atoms with van der Waals surface area (Å²) in [7, 11) is 0. The lowest BCUT2D eigenvalue weighted by Gasteiger charge is -2.53. The van der Waals surface area contributed by atoms with Gasteiger partial charge in [-0.25, -0.2) is 0 Å². The summed E-state index contributed by atoms with van der Waals surface area (Å²) < 4.78 is 0. The molecule has 1 aliphatic rings. The van der Waals surface area contributed by atoms with Gasteiger partial charge in [-0.3, -0.25) is 0 Å². The summed E-state index contributed by atoms with van der Waals surface area (Å²) in [4.78, 5) is 0. The standard InChI is InChI=1S/C13H27NO/c1-10-5-6-13(7-8-15,11(2)9-10)12(3,4)14/h10-11,15H,5-9,14H2,1-4H3. The average molecular weight is 213 g/mol. The maximum Gasteiger partial charge on any atom is 0.0437 e. The van der Waals surface area contributed by atoms with Gasteiger partial charge in [0, 0.05) is 12.1 Å². The van der Waals surface area contributed by atoms with Gasteiger partial charge in [0.05, 0.1) is 0 Å². The molecular formula is C13H27NO. The highest BCUT2D eigenvalue weighted by Crippen LogP contribution is 2.51. The zero-order valence-corrected chi connectivity index (χ0v) is 10.7. The summed E-state index contributed by atoms with van der Waals surface area (Å²) in [5, 5.41) is 9.28. The van der Waals surface area contributed by atoms with Crippen molar-refractivity contribution in [2.45, 2.75) is 58.9 Å². The van der Waals surface area contributed by atoms with Crippen LogP contribution in [0.3, 0.4) is 0 Å². The number of aliphatic hydroxyl groups excluding tert-OH is 1. The van der Waals surface area contributed by atoms with Crippen molar-refractivity contribution < 1.29 is 5.11 Å². The van der Waals surface area contributed by atoms with Crippen LogP contribution in [0, 0.1) is 17.3 Å². The van der Waals surface area contributed by atoms with Crippen molar-refractivity contribution in [1.29, 1.82) is 0 Å². The van der Waals surface area contributed by atoms with E-state index in [1.807, 2.05) is 0 Å². The molecule has 0 radical (unpaired) electrons. The number of nitrogens with two attached hydrogens (primary N) is 1. The molecule has 90 valence electrons. The van der Waals surface area contributed by atoms with Crippen molar-refractivity contribution >= 4 is 0 Å². The van der Waals surface area contributed by atoms with E-state index in [-0.39, 0.29) is 17.6 Å². The van der Waals surface area contributed by atoms with Crippen LogP contribution in [0.4, 0.5) is 0 Å². The van der Waals surface area contributed by atoms with Crippen molar-refractivity contribution in [3.8, 4) is 0 Å². The Morgan fingerprint density at radius 1 is 1.40 bits per heavy atom. The Labute approximate surface area is 94.2 Å². The van der Waals surface area contributed by atoms with Gasteiger partial charge in [-0.15, -0.1) is 0 Å². The van der Waals surface area contributed by atoms with Gasteiger partial charge in [-0.1, -0.05) is 20.3 Å².